The van der Waals surface area contributed by atoms with Gasteiger partial charge in [-0.2, -0.15) is 0 Å². The van der Waals surface area contributed by atoms with E-state index in [2.05, 4.69) is 168 Å². The molecule has 0 saturated carbocycles. The Morgan fingerprint density at radius 3 is 1.76 bits per heavy atom. The van der Waals surface area contributed by atoms with Gasteiger partial charge in [-0.25, -0.2) is 0 Å². The molecule has 8 aromatic carbocycles. The molecule has 2 heterocycles. The molecule has 8 aromatic rings. The van der Waals surface area contributed by atoms with Crippen molar-refractivity contribution in [3.63, 3.8) is 0 Å². The molecule has 0 saturated heterocycles. The molecule has 2 nitrogen and oxygen atoms in total. The first-order valence-corrected chi connectivity index (χ1v) is 19.8. The van der Waals surface area contributed by atoms with E-state index in [0.29, 0.717) is 0 Å². The predicted molar refractivity (Wildman–Crippen MR) is 230 cm³/mol. The van der Waals surface area contributed by atoms with Crippen LogP contribution in [0.25, 0.3) is 55.1 Å². The van der Waals surface area contributed by atoms with Crippen molar-refractivity contribution in [2.45, 2.75) is 38.5 Å². The van der Waals surface area contributed by atoms with E-state index in [1.54, 1.807) is 0 Å². The highest BCUT2D eigenvalue weighted by Gasteiger charge is 2.25. The van der Waals surface area contributed by atoms with E-state index in [9.17, 15) is 0 Å². The first-order valence-electron chi connectivity index (χ1n) is 19.8. The van der Waals surface area contributed by atoms with Crippen molar-refractivity contribution >= 4 is 66.7 Å². The first kappa shape index (κ1) is 31.4. The van der Waals surface area contributed by atoms with Crippen molar-refractivity contribution in [3.8, 4) is 11.1 Å². The molecular formula is C52H42N2. The number of nitrogens with zero attached hydrogens (tertiary/aromatic N) is 2. The molecular weight excluding hydrogens is 653 g/mol. The summed E-state index contributed by atoms with van der Waals surface area (Å²) in [4.78, 5) is 5.12. The fourth-order valence-electron chi connectivity index (χ4n) is 9.92. The highest BCUT2D eigenvalue weighted by molar-refractivity contribution is 6.22. The smallest absolute Gasteiger partial charge is 0.0443 e. The largest absolute Gasteiger partial charge is 0.341 e. The van der Waals surface area contributed by atoms with Crippen LogP contribution >= 0.6 is 0 Å². The van der Waals surface area contributed by atoms with Gasteiger partial charge < -0.3 is 9.80 Å². The monoisotopic (exact) mass is 694 g/mol. The van der Waals surface area contributed by atoms with Gasteiger partial charge in [0.25, 0.3) is 0 Å². The van der Waals surface area contributed by atoms with Crippen LogP contribution < -0.4 is 20.2 Å². The SMILES string of the molecule is C1=c2ccccc2=C(c2c3cc(N4CCCc5ccccc54)ccc3c(-c3cccc4ccccc34)c3cc(N4CCCc5ccccc54)ccc23)CC1. The van der Waals surface area contributed by atoms with Crippen molar-refractivity contribution in [2.24, 2.45) is 0 Å². The van der Waals surface area contributed by atoms with Gasteiger partial charge in [-0.05, 0) is 151 Å². The predicted octanol–water partition coefficient (Wildman–Crippen LogP) is 11.8. The standard InChI is InChI=1S/C52H42N2/c1-5-21-41-35(13-1)17-9-23-43(41)51-45-29-27-40(54-32-12-20-38-16-4-8-26-50(38)54)34-48(45)52(44-24-10-18-36-14-2-6-22-42(36)44)46-30-28-39(33-47(46)51)53-31-11-19-37-15-3-7-25-49(37)53/h1-9,13-18,21-23,25-30,33-34H,10-12,19-20,24,31-32H2. The summed E-state index contributed by atoms with van der Waals surface area (Å²) in [6, 6.07) is 57.6. The summed E-state index contributed by atoms with van der Waals surface area (Å²) in [6.45, 7) is 2.05. The Balaban J connectivity index is 1.28. The lowest BCUT2D eigenvalue weighted by atomic mass is 9.81. The minimum absolute atomic E-state index is 1.02. The Morgan fingerprint density at radius 2 is 1.02 bits per heavy atom. The summed E-state index contributed by atoms with van der Waals surface area (Å²) in [6.07, 6.45) is 9.07. The van der Waals surface area contributed by atoms with Crippen LogP contribution in [0.1, 0.15) is 42.4 Å². The molecule has 11 rings (SSSR count). The van der Waals surface area contributed by atoms with E-state index in [0.717, 1.165) is 51.6 Å². The zero-order valence-corrected chi connectivity index (χ0v) is 30.6. The normalized spacial score (nSPS) is 15.2. The van der Waals surface area contributed by atoms with Gasteiger partial charge in [0, 0.05) is 35.8 Å². The molecule has 0 spiro atoms. The van der Waals surface area contributed by atoms with Gasteiger partial charge in [0.05, 0.1) is 0 Å². The quantitative estimate of drug-likeness (QED) is 0.169. The van der Waals surface area contributed by atoms with Crippen LogP contribution in [-0.4, -0.2) is 13.1 Å². The van der Waals surface area contributed by atoms with Crippen LogP contribution in [0.3, 0.4) is 0 Å². The van der Waals surface area contributed by atoms with Crippen LogP contribution in [0.15, 0.2) is 152 Å². The van der Waals surface area contributed by atoms with E-state index >= 15 is 0 Å². The van der Waals surface area contributed by atoms with E-state index in [1.807, 2.05) is 0 Å². The Kier molecular flexibility index (Phi) is 7.43. The second-order valence-corrected chi connectivity index (χ2v) is 15.3. The molecule has 1 aliphatic carbocycles. The van der Waals surface area contributed by atoms with Crippen molar-refractivity contribution < 1.29 is 0 Å². The minimum atomic E-state index is 1.02. The molecule has 0 aromatic heterocycles. The highest BCUT2D eigenvalue weighted by atomic mass is 15.1. The Morgan fingerprint density at radius 1 is 0.426 bits per heavy atom. The molecule has 0 bridgehead atoms. The average molecular weight is 695 g/mol. The maximum absolute atomic E-state index is 2.56. The van der Waals surface area contributed by atoms with E-state index in [4.69, 9.17) is 0 Å². The summed E-state index contributed by atoms with van der Waals surface area (Å²) in [5.41, 5.74) is 13.6. The molecule has 0 N–H and O–H groups in total. The average Bonchev–Trinajstić information content (AvgIpc) is 3.24. The van der Waals surface area contributed by atoms with Crippen LogP contribution in [0.2, 0.25) is 0 Å². The second kappa shape index (κ2) is 12.8. The lowest BCUT2D eigenvalue weighted by Gasteiger charge is -2.33. The van der Waals surface area contributed by atoms with Gasteiger partial charge >= 0.3 is 0 Å². The summed E-state index contributed by atoms with van der Waals surface area (Å²) in [5, 5.41) is 10.6. The Bertz CT molecular complexity index is 2910. The van der Waals surface area contributed by atoms with Crippen LogP contribution in [0.4, 0.5) is 22.7 Å². The van der Waals surface area contributed by atoms with Crippen LogP contribution in [0.5, 0.6) is 0 Å². The number of fused-ring (bicyclic) bond motifs is 6. The number of hydrogen-bond donors (Lipinski definition) is 0. The Labute approximate surface area is 316 Å². The van der Waals surface area contributed by atoms with Gasteiger partial charge in [-0.3, -0.25) is 0 Å². The third-order valence-corrected chi connectivity index (χ3v) is 12.3. The van der Waals surface area contributed by atoms with Crippen molar-refractivity contribution in [3.05, 3.63) is 179 Å². The number of hydrogen-bond acceptors (Lipinski definition) is 2. The summed E-state index contributed by atoms with van der Waals surface area (Å²) in [7, 11) is 0. The minimum Gasteiger partial charge on any atom is -0.341 e. The lowest BCUT2D eigenvalue weighted by Crippen LogP contribution is -2.29. The van der Waals surface area contributed by atoms with Gasteiger partial charge in [-0.1, -0.05) is 121 Å². The van der Waals surface area contributed by atoms with Crippen molar-refractivity contribution in [1.29, 1.82) is 0 Å². The fraction of sp³-hybridized carbons (Fsp3) is 0.154. The number of para-hydroxylation sites is 2. The maximum Gasteiger partial charge on any atom is 0.0443 e. The van der Waals surface area contributed by atoms with Crippen molar-refractivity contribution in [2.75, 3.05) is 22.9 Å². The van der Waals surface area contributed by atoms with Gasteiger partial charge in [0.2, 0.25) is 0 Å². The van der Waals surface area contributed by atoms with E-state index in [1.165, 1.54) is 98.9 Å². The molecule has 260 valence electrons. The van der Waals surface area contributed by atoms with E-state index in [-0.39, 0.29) is 0 Å². The molecule has 54 heavy (non-hydrogen) atoms. The molecule has 0 atom stereocenters. The third-order valence-electron chi connectivity index (χ3n) is 12.3. The summed E-state index contributed by atoms with van der Waals surface area (Å²) < 4.78 is 0. The zero-order chi connectivity index (χ0) is 35.6. The number of benzene rings is 8. The van der Waals surface area contributed by atoms with Gasteiger partial charge in [0.1, 0.15) is 0 Å². The molecule has 2 aliphatic heterocycles. The summed E-state index contributed by atoms with van der Waals surface area (Å²) in [5.74, 6) is 0. The molecule has 3 aliphatic rings. The third kappa shape index (κ3) is 5.01. The Hall–Kier alpha value is -6.12. The lowest BCUT2D eigenvalue weighted by molar-refractivity contribution is 0.767. The molecule has 0 amide bonds. The van der Waals surface area contributed by atoms with Crippen molar-refractivity contribution in [1.82, 2.24) is 0 Å². The molecule has 0 radical (unpaired) electrons. The van der Waals surface area contributed by atoms with Crippen LogP contribution in [0, 0.1) is 0 Å². The maximum atomic E-state index is 2.56. The first-order chi connectivity index (χ1) is 26.8. The zero-order valence-electron chi connectivity index (χ0n) is 30.6. The number of rotatable bonds is 4. The highest BCUT2D eigenvalue weighted by Crippen LogP contribution is 2.48. The topological polar surface area (TPSA) is 6.48 Å². The second-order valence-electron chi connectivity index (χ2n) is 15.3. The molecule has 0 unspecified atom stereocenters. The molecule has 0 fully saturated rings. The fourth-order valence-corrected chi connectivity index (χ4v) is 9.92. The summed E-state index contributed by atoms with van der Waals surface area (Å²) >= 11 is 0. The van der Waals surface area contributed by atoms with Gasteiger partial charge in [-0.15, -0.1) is 0 Å². The number of aryl methyl sites for hydroxylation is 2. The van der Waals surface area contributed by atoms with Crippen LogP contribution in [-0.2, 0) is 12.8 Å². The van der Waals surface area contributed by atoms with Gasteiger partial charge in [0.15, 0.2) is 0 Å². The number of anilines is 4. The molecule has 2 heteroatoms. The van der Waals surface area contributed by atoms with E-state index < -0.39 is 0 Å².